The highest BCUT2D eigenvalue weighted by atomic mass is 14.9. The van der Waals surface area contributed by atoms with Crippen LogP contribution in [0.5, 0.6) is 0 Å². The van der Waals surface area contributed by atoms with Crippen LogP contribution in [0.2, 0.25) is 0 Å². The number of hydrogen-bond donors (Lipinski definition) is 2. The van der Waals surface area contributed by atoms with E-state index in [1.807, 2.05) is 0 Å². The van der Waals surface area contributed by atoms with Gasteiger partial charge in [0.05, 0.1) is 0 Å². The summed E-state index contributed by atoms with van der Waals surface area (Å²) in [5.41, 5.74) is 1.44. The quantitative estimate of drug-likeness (QED) is 0.814. The largest absolute Gasteiger partial charge is 0.317 e. The van der Waals surface area contributed by atoms with Crippen molar-refractivity contribution in [2.75, 3.05) is 26.2 Å². The van der Waals surface area contributed by atoms with Gasteiger partial charge < -0.3 is 10.6 Å². The minimum Gasteiger partial charge on any atom is -0.317 e. The van der Waals surface area contributed by atoms with E-state index in [2.05, 4.69) is 47.9 Å². The molecule has 1 aromatic carbocycles. The first kappa shape index (κ1) is 12.6. The van der Waals surface area contributed by atoms with Gasteiger partial charge >= 0.3 is 0 Å². The molecule has 2 nitrogen and oxygen atoms in total. The molecule has 0 amide bonds. The lowest BCUT2D eigenvalue weighted by molar-refractivity contribution is 0.354. The molecule has 0 aliphatic carbocycles. The number of hydrogen-bond acceptors (Lipinski definition) is 2. The lowest BCUT2D eigenvalue weighted by Crippen LogP contribution is -2.34. The van der Waals surface area contributed by atoms with Crippen LogP contribution in [0.3, 0.4) is 0 Å². The summed E-state index contributed by atoms with van der Waals surface area (Å²) in [6.07, 6.45) is 2.65. The first-order chi connectivity index (χ1) is 8.36. The number of nitrogens with one attached hydrogen (secondary N) is 2. The van der Waals surface area contributed by atoms with Crippen LogP contribution >= 0.6 is 0 Å². The maximum Gasteiger partial charge on any atom is 0.00176 e. The van der Waals surface area contributed by atoms with Crippen molar-refractivity contribution in [1.82, 2.24) is 10.6 Å². The molecule has 0 unspecified atom stereocenters. The average Bonchev–Trinajstić information content (AvgIpc) is 2.41. The fourth-order valence-electron chi connectivity index (χ4n) is 2.49. The Morgan fingerprint density at radius 1 is 1.24 bits per heavy atom. The van der Waals surface area contributed by atoms with Gasteiger partial charge in [-0.25, -0.2) is 0 Å². The van der Waals surface area contributed by atoms with Gasteiger partial charge in [0.25, 0.3) is 0 Å². The molecule has 0 saturated carbocycles. The highest BCUT2D eigenvalue weighted by Gasteiger charge is 2.12. The second-order valence-corrected chi connectivity index (χ2v) is 5.16. The molecule has 94 valence electrons. The summed E-state index contributed by atoms with van der Waals surface area (Å²) in [4.78, 5) is 0. The van der Waals surface area contributed by atoms with E-state index in [-0.39, 0.29) is 0 Å². The van der Waals surface area contributed by atoms with E-state index < -0.39 is 0 Å². The van der Waals surface area contributed by atoms with Gasteiger partial charge in [0, 0.05) is 6.54 Å². The van der Waals surface area contributed by atoms with Crippen molar-refractivity contribution >= 4 is 0 Å². The van der Waals surface area contributed by atoms with Crippen molar-refractivity contribution in [3.05, 3.63) is 35.9 Å². The third kappa shape index (κ3) is 4.14. The van der Waals surface area contributed by atoms with Crippen LogP contribution in [-0.4, -0.2) is 26.2 Å². The summed E-state index contributed by atoms with van der Waals surface area (Å²) in [7, 11) is 0. The van der Waals surface area contributed by atoms with Gasteiger partial charge in [-0.2, -0.15) is 0 Å². The van der Waals surface area contributed by atoms with Crippen LogP contribution in [0.15, 0.2) is 30.3 Å². The van der Waals surface area contributed by atoms with E-state index in [0.29, 0.717) is 5.92 Å². The molecule has 1 aliphatic rings. The summed E-state index contributed by atoms with van der Waals surface area (Å²) >= 11 is 0. The molecule has 0 radical (unpaired) electrons. The maximum absolute atomic E-state index is 3.63. The highest BCUT2D eigenvalue weighted by molar-refractivity contribution is 5.18. The highest BCUT2D eigenvalue weighted by Crippen LogP contribution is 2.14. The van der Waals surface area contributed by atoms with Crippen molar-refractivity contribution in [3.63, 3.8) is 0 Å². The van der Waals surface area contributed by atoms with Crippen LogP contribution in [0.4, 0.5) is 0 Å². The van der Waals surface area contributed by atoms with Crippen molar-refractivity contribution in [2.24, 2.45) is 5.92 Å². The molecule has 0 spiro atoms. The normalized spacial score (nSPS) is 19.1. The van der Waals surface area contributed by atoms with Gasteiger partial charge in [-0.1, -0.05) is 37.3 Å². The smallest absolute Gasteiger partial charge is 0.00176 e. The Labute approximate surface area is 105 Å². The predicted molar refractivity (Wildman–Crippen MR) is 73.3 cm³/mol. The number of piperidine rings is 1. The molecule has 2 heteroatoms. The Balaban J connectivity index is 1.67. The molecule has 2 rings (SSSR count). The fourth-order valence-corrected chi connectivity index (χ4v) is 2.49. The third-order valence-electron chi connectivity index (χ3n) is 3.71. The minimum atomic E-state index is 0.609. The first-order valence-electron chi connectivity index (χ1n) is 6.82. The van der Waals surface area contributed by atoms with Gasteiger partial charge in [0.2, 0.25) is 0 Å². The standard InChI is InChI=1S/C15H24N2/c1-13(15-5-3-2-4-6-15)11-17-12-14-7-9-16-10-8-14/h2-6,13-14,16-17H,7-12H2,1H3/t13-/m0/s1. The zero-order valence-electron chi connectivity index (χ0n) is 10.8. The molecule has 0 bridgehead atoms. The molecule has 1 fully saturated rings. The fraction of sp³-hybridized carbons (Fsp3) is 0.600. The maximum atomic E-state index is 3.63. The third-order valence-corrected chi connectivity index (χ3v) is 3.71. The minimum absolute atomic E-state index is 0.609. The van der Waals surface area contributed by atoms with E-state index in [1.54, 1.807) is 0 Å². The molecule has 2 N–H and O–H groups in total. The lowest BCUT2D eigenvalue weighted by atomic mass is 9.97. The number of rotatable bonds is 5. The van der Waals surface area contributed by atoms with Crippen molar-refractivity contribution in [2.45, 2.75) is 25.7 Å². The zero-order chi connectivity index (χ0) is 11.9. The van der Waals surface area contributed by atoms with Gasteiger partial charge in [0.15, 0.2) is 0 Å². The van der Waals surface area contributed by atoms with E-state index in [4.69, 9.17) is 0 Å². The molecule has 1 saturated heterocycles. The Kier molecular flexibility index (Phi) is 5.02. The van der Waals surface area contributed by atoms with Crippen LogP contribution in [0.1, 0.15) is 31.2 Å². The Morgan fingerprint density at radius 2 is 1.94 bits per heavy atom. The van der Waals surface area contributed by atoms with Crippen LogP contribution < -0.4 is 10.6 Å². The van der Waals surface area contributed by atoms with Gasteiger partial charge in [-0.15, -0.1) is 0 Å². The lowest BCUT2D eigenvalue weighted by Gasteiger charge is -2.23. The predicted octanol–water partition coefficient (Wildman–Crippen LogP) is 2.38. The van der Waals surface area contributed by atoms with E-state index in [1.165, 1.54) is 38.0 Å². The van der Waals surface area contributed by atoms with Gasteiger partial charge in [-0.3, -0.25) is 0 Å². The van der Waals surface area contributed by atoms with Gasteiger partial charge in [0.1, 0.15) is 0 Å². The Hall–Kier alpha value is -0.860. The van der Waals surface area contributed by atoms with Crippen molar-refractivity contribution in [1.29, 1.82) is 0 Å². The van der Waals surface area contributed by atoms with Crippen molar-refractivity contribution < 1.29 is 0 Å². The average molecular weight is 232 g/mol. The molecule has 1 aliphatic heterocycles. The monoisotopic (exact) mass is 232 g/mol. The molecule has 1 aromatic rings. The van der Waals surface area contributed by atoms with Crippen molar-refractivity contribution in [3.8, 4) is 0 Å². The summed E-state index contributed by atoms with van der Waals surface area (Å²) in [6.45, 7) is 6.96. The van der Waals surface area contributed by atoms with Crippen LogP contribution in [0.25, 0.3) is 0 Å². The van der Waals surface area contributed by atoms with E-state index in [9.17, 15) is 0 Å². The zero-order valence-corrected chi connectivity index (χ0v) is 10.8. The topological polar surface area (TPSA) is 24.1 Å². The van der Waals surface area contributed by atoms with Gasteiger partial charge in [-0.05, 0) is 49.9 Å². The van der Waals surface area contributed by atoms with Crippen LogP contribution in [-0.2, 0) is 0 Å². The van der Waals surface area contributed by atoms with E-state index in [0.717, 1.165) is 12.5 Å². The molecule has 17 heavy (non-hydrogen) atoms. The molecule has 1 heterocycles. The Morgan fingerprint density at radius 3 is 2.65 bits per heavy atom. The molecule has 1 atom stereocenters. The number of benzene rings is 1. The SMILES string of the molecule is C[C@@H](CNCC1CCNCC1)c1ccccc1. The molecular weight excluding hydrogens is 208 g/mol. The summed E-state index contributed by atoms with van der Waals surface area (Å²) < 4.78 is 0. The van der Waals surface area contributed by atoms with E-state index >= 15 is 0 Å². The first-order valence-corrected chi connectivity index (χ1v) is 6.82. The van der Waals surface area contributed by atoms with Crippen LogP contribution in [0, 0.1) is 5.92 Å². The summed E-state index contributed by atoms with van der Waals surface area (Å²) in [5, 5.41) is 7.04. The summed E-state index contributed by atoms with van der Waals surface area (Å²) in [6, 6.07) is 10.8. The molecule has 0 aromatic heterocycles. The second kappa shape index (κ2) is 6.77. The molecular formula is C15H24N2. The Bertz CT molecular complexity index is 304. The second-order valence-electron chi connectivity index (χ2n) is 5.16. The summed E-state index contributed by atoms with van der Waals surface area (Å²) in [5.74, 6) is 1.48.